The van der Waals surface area contributed by atoms with Gasteiger partial charge in [0, 0.05) is 26.2 Å². The van der Waals surface area contributed by atoms with Crippen LogP contribution < -0.4 is 10.6 Å². The first-order chi connectivity index (χ1) is 12.5. The van der Waals surface area contributed by atoms with E-state index in [0.29, 0.717) is 12.4 Å². The van der Waals surface area contributed by atoms with Crippen molar-refractivity contribution >= 4 is 23.1 Å². The van der Waals surface area contributed by atoms with Crippen molar-refractivity contribution in [1.29, 1.82) is 0 Å². The van der Waals surface area contributed by atoms with Gasteiger partial charge in [-0.2, -0.15) is 18.2 Å². The maximum absolute atomic E-state index is 12.7. The Balaban J connectivity index is 1.47. The Labute approximate surface area is 145 Å². The lowest BCUT2D eigenvalue weighted by molar-refractivity contribution is -0.137. The molecule has 1 aliphatic rings. The third-order valence-corrected chi connectivity index (χ3v) is 3.96. The molecule has 1 aliphatic heterocycles. The lowest BCUT2D eigenvalue weighted by Gasteiger charge is -2.25. The minimum atomic E-state index is -4.44. The van der Waals surface area contributed by atoms with E-state index in [-0.39, 0.29) is 23.1 Å². The van der Waals surface area contributed by atoms with Crippen LogP contribution in [0.3, 0.4) is 0 Å². The zero-order chi connectivity index (χ0) is 18.1. The Bertz CT molecular complexity index is 900. The number of rotatable bonds is 4. The van der Waals surface area contributed by atoms with Gasteiger partial charge in [-0.05, 0) is 18.2 Å². The van der Waals surface area contributed by atoms with Crippen molar-refractivity contribution in [2.75, 3.05) is 31.5 Å². The fourth-order valence-corrected chi connectivity index (χ4v) is 2.68. The van der Waals surface area contributed by atoms with Crippen LogP contribution in [0.4, 0.5) is 25.2 Å². The third kappa shape index (κ3) is 3.63. The fourth-order valence-electron chi connectivity index (χ4n) is 2.68. The van der Waals surface area contributed by atoms with Crippen LogP contribution in [0.15, 0.2) is 27.0 Å². The predicted molar refractivity (Wildman–Crippen MR) is 84.7 cm³/mol. The van der Waals surface area contributed by atoms with E-state index in [1.807, 2.05) is 0 Å². The SMILES string of the molecule is FC(F)(F)c1ccc2oc(Nc3nnc(CN4CCNCC4)o3)nc2c1. The second-order valence-corrected chi connectivity index (χ2v) is 5.85. The van der Waals surface area contributed by atoms with Gasteiger partial charge in [0.1, 0.15) is 5.52 Å². The predicted octanol–water partition coefficient (Wildman–Crippen LogP) is 2.38. The number of piperazine rings is 1. The molecule has 0 aliphatic carbocycles. The number of alkyl halides is 3. The molecule has 2 aromatic heterocycles. The maximum Gasteiger partial charge on any atom is 0.416 e. The molecule has 0 spiro atoms. The molecule has 4 rings (SSSR count). The van der Waals surface area contributed by atoms with Gasteiger partial charge in [-0.15, -0.1) is 5.10 Å². The fraction of sp³-hybridized carbons (Fsp3) is 0.400. The number of oxazole rings is 1. The van der Waals surface area contributed by atoms with Gasteiger partial charge in [-0.3, -0.25) is 10.2 Å². The van der Waals surface area contributed by atoms with Gasteiger partial charge in [-0.1, -0.05) is 5.10 Å². The number of hydrogen-bond donors (Lipinski definition) is 2. The Kier molecular flexibility index (Phi) is 4.24. The van der Waals surface area contributed by atoms with Crippen molar-refractivity contribution in [3.63, 3.8) is 0 Å². The van der Waals surface area contributed by atoms with E-state index in [1.54, 1.807) is 0 Å². The molecular weight excluding hydrogens is 353 g/mol. The van der Waals surface area contributed by atoms with Gasteiger partial charge >= 0.3 is 18.2 Å². The highest BCUT2D eigenvalue weighted by molar-refractivity contribution is 5.75. The first-order valence-corrected chi connectivity index (χ1v) is 7.98. The summed E-state index contributed by atoms with van der Waals surface area (Å²) in [6, 6.07) is 3.14. The van der Waals surface area contributed by atoms with Crippen LogP contribution in [0.25, 0.3) is 11.1 Å². The van der Waals surface area contributed by atoms with E-state index < -0.39 is 11.7 Å². The van der Waals surface area contributed by atoms with E-state index in [2.05, 4.69) is 30.7 Å². The number of halogens is 3. The molecule has 26 heavy (non-hydrogen) atoms. The van der Waals surface area contributed by atoms with Crippen molar-refractivity contribution in [1.82, 2.24) is 25.4 Å². The molecule has 8 nitrogen and oxygen atoms in total. The lowest BCUT2D eigenvalue weighted by atomic mass is 10.2. The van der Waals surface area contributed by atoms with E-state index in [9.17, 15) is 13.2 Å². The van der Waals surface area contributed by atoms with Crippen LogP contribution in [0.1, 0.15) is 11.5 Å². The Morgan fingerprint density at radius 2 is 1.92 bits per heavy atom. The summed E-state index contributed by atoms with van der Waals surface area (Å²) in [6.07, 6.45) is -4.44. The van der Waals surface area contributed by atoms with Crippen LogP contribution in [-0.4, -0.2) is 46.3 Å². The molecule has 0 radical (unpaired) electrons. The van der Waals surface area contributed by atoms with E-state index >= 15 is 0 Å². The van der Waals surface area contributed by atoms with E-state index in [0.717, 1.165) is 38.3 Å². The van der Waals surface area contributed by atoms with Gasteiger partial charge in [-0.25, -0.2) is 0 Å². The number of hydrogen-bond acceptors (Lipinski definition) is 8. The number of aromatic nitrogens is 3. The minimum Gasteiger partial charge on any atom is -0.423 e. The number of nitrogens with one attached hydrogen (secondary N) is 2. The van der Waals surface area contributed by atoms with Crippen molar-refractivity contribution in [3.05, 3.63) is 29.7 Å². The number of benzene rings is 1. The van der Waals surface area contributed by atoms with Crippen molar-refractivity contribution in [3.8, 4) is 0 Å². The molecule has 3 heterocycles. The summed E-state index contributed by atoms with van der Waals surface area (Å²) < 4.78 is 49.1. The van der Waals surface area contributed by atoms with E-state index in [4.69, 9.17) is 8.83 Å². The zero-order valence-electron chi connectivity index (χ0n) is 13.5. The second kappa shape index (κ2) is 6.57. The molecule has 3 aromatic rings. The van der Waals surface area contributed by atoms with Crippen molar-refractivity contribution in [2.45, 2.75) is 12.7 Å². The van der Waals surface area contributed by atoms with Gasteiger partial charge in [0.05, 0.1) is 12.1 Å². The van der Waals surface area contributed by atoms with Gasteiger partial charge < -0.3 is 14.2 Å². The molecule has 11 heteroatoms. The molecule has 1 saturated heterocycles. The highest BCUT2D eigenvalue weighted by atomic mass is 19.4. The topological polar surface area (TPSA) is 92.2 Å². The Morgan fingerprint density at radius 3 is 2.69 bits per heavy atom. The van der Waals surface area contributed by atoms with Crippen LogP contribution in [-0.2, 0) is 12.7 Å². The number of anilines is 2. The summed E-state index contributed by atoms with van der Waals surface area (Å²) in [5, 5.41) is 13.7. The lowest BCUT2D eigenvalue weighted by Crippen LogP contribution is -2.42. The van der Waals surface area contributed by atoms with Gasteiger partial charge in [0.15, 0.2) is 5.58 Å². The number of fused-ring (bicyclic) bond motifs is 1. The van der Waals surface area contributed by atoms with Crippen LogP contribution >= 0.6 is 0 Å². The second-order valence-electron chi connectivity index (χ2n) is 5.85. The summed E-state index contributed by atoms with van der Waals surface area (Å²) in [5.41, 5.74) is -0.482. The number of nitrogens with zero attached hydrogens (tertiary/aromatic N) is 4. The summed E-state index contributed by atoms with van der Waals surface area (Å²) in [6.45, 7) is 4.11. The molecule has 138 valence electrons. The van der Waals surface area contributed by atoms with Crippen LogP contribution in [0.2, 0.25) is 0 Å². The first-order valence-electron chi connectivity index (χ1n) is 7.98. The standard InChI is InChI=1S/C15H15F3N6O2/c16-15(17,18)9-1-2-11-10(7-9)20-13(25-11)21-14-23-22-12(26-14)8-24-5-3-19-4-6-24/h1-2,7,19H,3-6,8H2,(H,20,21,23). The van der Waals surface area contributed by atoms with E-state index in [1.165, 1.54) is 6.07 Å². The van der Waals surface area contributed by atoms with Crippen LogP contribution in [0.5, 0.6) is 0 Å². The summed E-state index contributed by atoms with van der Waals surface area (Å²) in [4.78, 5) is 6.16. The van der Waals surface area contributed by atoms with Crippen molar-refractivity contribution in [2.24, 2.45) is 0 Å². The minimum absolute atomic E-state index is 0.0169. The van der Waals surface area contributed by atoms with Gasteiger partial charge in [0.2, 0.25) is 5.89 Å². The molecule has 0 amide bonds. The molecule has 0 saturated carbocycles. The smallest absolute Gasteiger partial charge is 0.416 e. The first kappa shape index (κ1) is 16.8. The largest absolute Gasteiger partial charge is 0.423 e. The third-order valence-electron chi connectivity index (χ3n) is 3.96. The summed E-state index contributed by atoms with van der Waals surface area (Å²) in [5.74, 6) is 0.435. The Morgan fingerprint density at radius 1 is 1.12 bits per heavy atom. The molecule has 0 unspecified atom stereocenters. The normalized spacial score (nSPS) is 16.3. The molecule has 1 fully saturated rings. The average molecular weight is 368 g/mol. The van der Waals surface area contributed by atoms with Gasteiger partial charge in [0.25, 0.3) is 0 Å². The molecule has 1 aromatic carbocycles. The maximum atomic E-state index is 12.7. The highest BCUT2D eigenvalue weighted by Crippen LogP contribution is 2.32. The summed E-state index contributed by atoms with van der Waals surface area (Å²) in [7, 11) is 0. The quantitative estimate of drug-likeness (QED) is 0.725. The van der Waals surface area contributed by atoms with Crippen molar-refractivity contribution < 1.29 is 22.0 Å². The zero-order valence-corrected chi connectivity index (χ0v) is 13.5. The molecular formula is C15H15F3N6O2. The monoisotopic (exact) mass is 368 g/mol. The average Bonchev–Trinajstić information content (AvgIpc) is 3.20. The Hall–Kier alpha value is -2.66. The molecule has 0 atom stereocenters. The van der Waals surface area contributed by atoms with Crippen LogP contribution in [0, 0.1) is 0 Å². The summed E-state index contributed by atoms with van der Waals surface area (Å²) >= 11 is 0. The highest BCUT2D eigenvalue weighted by Gasteiger charge is 2.31. The molecule has 0 bridgehead atoms. The molecule has 2 N–H and O–H groups in total.